The van der Waals surface area contributed by atoms with E-state index in [4.69, 9.17) is 0 Å². The summed E-state index contributed by atoms with van der Waals surface area (Å²) in [7, 11) is 2.15. The zero-order valence-electron chi connectivity index (χ0n) is 17.4. The van der Waals surface area contributed by atoms with E-state index in [0.29, 0.717) is 11.6 Å². The first kappa shape index (κ1) is 19.5. The number of amides is 1. The average molecular weight is 392 g/mol. The molecule has 2 aromatic heterocycles. The topological polar surface area (TPSA) is 52.9 Å². The molecule has 6 heteroatoms. The highest BCUT2D eigenvalue weighted by Crippen LogP contribution is 2.21. The summed E-state index contributed by atoms with van der Waals surface area (Å²) in [6.45, 7) is 8.52. The molecular weight excluding hydrogens is 362 g/mol. The van der Waals surface area contributed by atoms with E-state index in [1.165, 1.54) is 5.69 Å². The predicted molar refractivity (Wildman–Crippen MR) is 118 cm³/mol. The minimum atomic E-state index is -0.170. The van der Waals surface area contributed by atoms with Crippen molar-refractivity contribution in [2.45, 2.75) is 20.3 Å². The normalized spacial score (nSPS) is 15.2. The molecule has 1 aliphatic heterocycles. The standard InChI is InChI=1S/C23H29N5O/c1-17(2)16-21-25-22(20-6-4-5-11-28(20)21)23(29)24-18-7-9-19(10-8-18)27-14-12-26(3)13-15-27/h4-11,17H,12-16H2,1-3H3,(H,24,29). The van der Waals surface area contributed by atoms with Crippen LogP contribution in [0.1, 0.15) is 30.2 Å². The summed E-state index contributed by atoms with van der Waals surface area (Å²) in [5.74, 6) is 1.22. The van der Waals surface area contributed by atoms with Gasteiger partial charge in [-0.2, -0.15) is 0 Å². The molecule has 1 aliphatic rings. The zero-order valence-corrected chi connectivity index (χ0v) is 17.4. The Morgan fingerprint density at radius 1 is 1.07 bits per heavy atom. The van der Waals surface area contributed by atoms with Crippen LogP contribution in [0.2, 0.25) is 0 Å². The number of benzene rings is 1. The van der Waals surface area contributed by atoms with Gasteiger partial charge in [0.25, 0.3) is 5.91 Å². The lowest BCUT2D eigenvalue weighted by Crippen LogP contribution is -2.44. The van der Waals surface area contributed by atoms with Crippen LogP contribution in [0.3, 0.4) is 0 Å². The Balaban J connectivity index is 1.51. The van der Waals surface area contributed by atoms with Gasteiger partial charge in [-0.25, -0.2) is 4.98 Å². The number of carbonyl (C=O) groups excluding carboxylic acids is 1. The van der Waals surface area contributed by atoms with Gasteiger partial charge in [0.2, 0.25) is 0 Å². The monoisotopic (exact) mass is 391 g/mol. The summed E-state index contributed by atoms with van der Waals surface area (Å²) >= 11 is 0. The van der Waals surface area contributed by atoms with E-state index < -0.39 is 0 Å². The van der Waals surface area contributed by atoms with E-state index in [9.17, 15) is 4.79 Å². The molecule has 4 rings (SSSR count). The number of piperazine rings is 1. The largest absolute Gasteiger partial charge is 0.369 e. The van der Waals surface area contributed by atoms with E-state index in [1.54, 1.807) is 0 Å². The molecule has 0 bridgehead atoms. The Morgan fingerprint density at radius 2 is 1.79 bits per heavy atom. The van der Waals surface area contributed by atoms with Crippen molar-refractivity contribution in [3.8, 4) is 0 Å². The van der Waals surface area contributed by atoms with Crippen molar-refractivity contribution in [3.63, 3.8) is 0 Å². The van der Waals surface area contributed by atoms with Gasteiger partial charge >= 0.3 is 0 Å². The van der Waals surface area contributed by atoms with Gasteiger partial charge in [-0.3, -0.25) is 4.79 Å². The fourth-order valence-electron chi connectivity index (χ4n) is 3.79. The number of nitrogens with zero attached hydrogens (tertiary/aromatic N) is 4. The highest BCUT2D eigenvalue weighted by atomic mass is 16.1. The van der Waals surface area contributed by atoms with Crippen LogP contribution in [0.5, 0.6) is 0 Å². The fraction of sp³-hybridized carbons (Fsp3) is 0.391. The highest BCUT2D eigenvalue weighted by Gasteiger charge is 2.18. The summed E-state index contributed by atoms with van der Waals surface area (Å²) in [4.78, 5) is 22.3. The van der Waals surface area contributed by atoms with Gasteiger partial charge in [0.15, 0.2) is 5.69 Å². The lowest BCUT2D eigenvalue weighted by Gasteiger charge is -2.34. The van der Waals surface area contributed by atoms with Gasteiger partial charge in [-0.15, -0.1) is 0 Å². The van der Waals surface area contributed by atoms with Crippen molar-refractivity contribution in [1.29, 1.82) is 0 Å². The van der Waals surface area contributed by atoms with Crippen molar-refractivity contribution in [2.24, 2.45) is 5.92 Å². The maximum atomic E-state index is 12.9. The van der Waals surface area contributed by atoms with Gasteiger partial charge in [-0.1, -0.05) is 19.9 Å². The van der Waals surface area contributed by atoms with Crippen molar-refractivity contribution in [1.82, 2.24) is 14.3 Å². The van der Waals surface area contributed by atoms with Crippen LogP contribution in [0, 0.1) is 5.92 Å². The van der Waals surface area contributed by atoms with Crippen LogP contribution >= 0.6 is 0 Å². The first-order valence-electron chi connectivity index (χ1n) is 10.3. The van der Waals surface area contributed by atoms with Crippen LogP contribution < -0.4 is 10.2 Å². The van der Waals surface area contributed by atoms with Gasteiger partial charge in [-0.05, 0) is 49.4 Å². The SMILES string of the molecule is CC(C)Cc1nc(C(=O)Nc2ccc(N3CCN(C)CC3)cc2)c2ccccn12. The molecular formula is C23H29N5O. The Labute approximate surface area is 172 Å². The van der Waals surface area contributed by atoms with Crippen LogP contribution in [-0.4, -0.2) is 53.4 Å². The Kier molecular flexibility index (Phi) is 5.53. The van der Waals surface area contributed by atoms with Crippen molar-refractivity contribution < 1.29 is 4.79 Å². The first-order chi connectivity index (χ1) is 14.0. The maximum absolute atomic E-state index is 12.9. The fourth-order valence-corrected chi connectivity index (χ4v) is 3.79. The minimum absolute atomic E-state index is 0.170. The van der Waals surface area contributed by atoms with Crippen LogP contribution in [0.4, 0.5) is 11.4 Å². The van der Waals surface area contributed by atoms with E-state index in [0.717, 1.165) is 49.6 Å². The third kappa shape index (κ3) is 4.27. The Morgan fingerprint density at radius 3 is 2.48 bits per heavy atom. The second kappa shape index (κ2) is 8.25. The molecule has 0 radical (unpaired) electrons. The zero-order chi connectivity index (χ0) is 20.4. The molecule has 152 valence electrons. The molecule has 6 nitrogen and oxygen atoms in total. The van der Waals surface area contributed by atoms with E-state index in [-0.39, 0.29) is 5.91 Å². The van der Waals surface area contributed by atoms with Gasteiger partial charge in [0.1, 0.15) is 5.82 Å². The molecule has 3 heterocycles. The van der Waals surface area contributed by atoms with Crippen molar-refractivity contribution in [2.75, 3.05) is 43.4 Å². The number of likely N-dealkylation sites (N-methyl/N-ethyl adjacent to an activating group) is 1. The molecule has 1 amide bonds. The molecule has 1 saturated heterocycles. The molecule has 0 unspecified atom stereocenters. The average Bonchev–Trinajstić information content (AvgIpc) is 3.07. The molecule has 0 aliphatic carbocycles. The second-order valence-corrected chi connectivity index (χ2v) is 8.22. The van der Waals surface area contributed by atoms with E-state index in [1.807, 2.05) is 40.9 Å². The molecule has 29 heavy (non-hydrogen) atoms. The summed E-state index contributed by atoms with van der Waals surface area (Å²) in [5, 5.41) is 3.01. The second-order valence-electron chi connectivity index (χ2n) is 8.22. The number of rotatable bonds is 5. The number of carbonyl (C=O) groups is 1. The van der Waals surface area contributed by atoms with Crippen LogP contribution in [-0.2, 0) is 6.42 Å². The minimum Gasteiger partial charge on any atom is -0.369 e. The molecule has 1 fully saturated rings. The summed E-state index contributed by atoms with van der Waals surface area (Å²) in [5.41, 5.74) is 3.30. The number of anilines is 2. The maximum Gasteiger partial charge on any atom is 0.276 e. The molecule has 3 aromatic rings. The number of hydrogen-bond acceptors (Lipinski definition) is 4. The molecule has 1 aromatic carbocycles. The summed E-state index contributed by atoms with van der Waals surface area (Å²) < 4.78 is 2.02. The third-order valence-corrected chi connectivity index (χ3v) is 5.42. The highest BCUT2D eigenvalue weighted by molar-refractivity contribution is 6.07. The Bertz CT molecular complexity index is 984. The number of fused-ring (bicyclic) bond motifs is 1. The van der Waals surface area contributed by atoms with Crippen molar-refractivity contribution in [3.05, 3.63) is 60.2 Å². The molecule has 0 saturated carbocycles. The van der Waals surface area contributed by atoms with Crippen LogP contribution in [0.15, 0.2) is 48.7 Å². The first-order valence-corrected chi connectivity index (χ1v) is 10.3. The lowest BCUT2D eigenvalue weighted by atomic mass is 10.1. The lowest BCUT2D eigenvalue weighted by molar-refractivity contribution is 0.102. The smallest absolute Gasteiger partial charge is 0.276 e. The van der Waals surface area contributed by atoms with E-state index >= 15 is 0 Å². The molecule has 0 spiro atoms. The third-order valence-electron chi connectivity index (χ3n) is 5.42. The van der Waals surface area contributed by atoms with Crippen molar-refractivity contribution >= 4 is 22.8 Å². The van der Waals surface area contributed by atoms with E-state index in [2.05, 4.69) is 53.1 Å². The predicted octanol–water partition coefficient (Wildman–Crippen LogP) is 3.54. The van der Waals surface area contributed by atoms with Gasteiger partial charge in [0, 0.05) is 50.2 Å². The summed E-state index contributed by atoms with van der Waals surface area (Å²) in [6, 6.07) is 14.0. The molecule has 1 N–H and O–H groups in total. The number of imidazole rings is 1. The Hall–Kier alpha value is -2.86. The number of aromatic nitrogens is 2. The number of pyridine rings is 1. The molecule has 0 atom stereocenters. The quantitative estimate of drug-likeness (QED) is 0.723. The number of hydrogen-bond donors (Lipinski definition) is 1. The van der Waals surface area contributed by atoms with Gasteiger partial charge < -0.3 is 19.5 Å². The van der Waals surface area contributed by atoms with Gasteiger partial charge in [0.05, 0.1) is 5.52 Å². The summed E-state index contributed by atoms with van der Waals surface area (Å²) in [6.07, 6.45) is 2.81. The number of nitrogens with one attached hydrogen (secondary N) is 1. The van der Waals surface area contributed by atoms with Crippen LogP contribution in [0.25, 0.3) is 5.52 Å².